The van der Waals surface area contributed by atoms with Gasteiger partial charge in [0.25, 0.3) is 5.91 Å². The molecule has 3 aliphatic carbocycles. The predicted octanol–water partition coefficient (Wildman–Crippen LogP) is 3.53. The third-order valence-corrected chi connectivity index (χ3v) is 10.2. The lowest BCUT2D eigenvalue weighted by Crippen LogP contribution is -2.78. The normalized spacial score (nSPS) is 32.1. The Balaban J connectivity index is 0.00000253. The number of benzene rings is 2. The summed E-state index contributed by atoms with van der Waals surface area (Å²) >= 11 is 0. The zero-order valence-electron chi connectivity index (χ0n) is 21.4. The van der Waals surface area contributed by atoms with Gasteiger partial charge in [0.05, 0.1) is 33.7 Å². The molecule has 202 valence electrons. The van der Waals surface area contributed by atoms with Crippen LogP contribution in [0.3, 0.4) is 0 Å². The fourth-order valence-electron chi connectivity index (χ4n) is 8.31. The molecule has 2 saturated carbocycles. The predicted molar refractivity (Wildman–Crippen MR) is 146 cm³/mol. The minimum Gasteiger partial charge on any atom is -0.504 e. The van der Waals surface area contributed by atoms with Gasteiger partial charge in [-0.1, -0.05) is 18.2 Å². The lowest BCUT2D eigenvalue weighted by Gasteiger charge is -2.64. The van der Waals surface area contributed by atoms with E-state index < -0.39 is 17.1 Å². The average molecular weight is 547 g/mol. The summed E-state index contributed by atoms with van der Waals surface area (Å²) in [6.45, 7) is 1.90. The highest BCUT2D eigenvalue weighted by Gasteiger charge is 2.73. The van der Waals surface area contributed by atoms with E-state index >= 15 is 0 Å². The van der Waals surface area contributed by atoms with Gasteiger partial charge in [0.1, 0.15) is 12.2 Å². The number of halogens is 1. The first-order valence-electron chi connectivity index (χ1n) is 13.7. The topological polar surface area (TPSA) is 122 Å². The van der Waals surface area contributed by atoms with E-state index in [1.165, 1.54) is 12.8 Å². The van der Waals surface area contributed by atoms with Crippen molar-refractivity contribution in [1.82, 2.24) is 15.2 Å². The standard InChI is InChI=1S/C30H30N4O4.ClH/c31-13-18-14-32-25-19(18)2-1-3-20(25)28(36)33-21-8-9-30(37)23-12-17-6-7-22(35)26-24(17)29(30,27(21)38-26)10-11-34(23)15-16-4-5-16;/h1-3,6-7,14,16,21,23,27,32,35,37H,4-5,8-12,15H2,(H,33,36);1H/t21-,23+,27-,29-,30+;/m0./s1. The second-order valence-corrected chi connectivity index (χ2v) is 12.0. The van der Waals surface area contributed by atoms with Crippen LogP contribution in [0.1, 0.15) is 59.2 Å². The number of amides is 1. The molecule has 1 spiro atoms. The van der Waals surface area contributed by atoms with Crippen molar-refractivity contribution in [3.8, 4) is 17.6 Å². The summed E-state index contributed by atoms with van der Waals surface area (Å²) in [5.41, 5.74) is 2.04. The van der Waals surface area contributed by atoms with Crippen molar-refractivity contribution in [1.29, 1.82) is 5.26 Å². The number of phenols is 1. The Hall–Kier alpha value is -3.25. The van der Waals surface area contributed by atoms with Gasteiger partial charge in [0, 0.05) is 29.7 Å². The van der Waals surface area contributed by atoms with Crippen molar-refractivity contribution < 1.29 is 19.7 Å². The van der Waals surface area contributed by atoms with E-state index in [9.17, 15) is 20.3 Å². The van der Waals surface area contributed by atoms with E-state index in [1.807, 2.05) is 12.1 Å². The van der Waals surface area contributed by atoms with Gasteiger partial charge >= 0.3 is 0 Å². The van der Waals surface area contributed by atoms with Gasteiger partial charge in [0.2, 0.25) is 0 Å². The van der Waals surface area contributed by atoms with Crippen LogP contribution in [0.15, 0.2) is 36.5 Å². The molecule has 5 atom stereocenters. The van der Waals surface area contributed by atoms with E-state index in [2.05, 4.69) is 21.3 Å². The number of carbonyl (C=O) groups is 1. The van der Waals surface area contributed by atoms with Crippen LogP contribution < -0.4 is 10.1 Å². The summed E-state index contributed by atoms with van der Waals surface area (Å²) < 4.78 is 6.57. The zero-order valence-corrected chi connectivity index (χ0v) is 22.3. The number of likely N-dealkylation sites (tertiary alicyclic amines) is 1. The maximum atomic E-state index is 13.7. The number of hydrogen-bond donors (Lipinski definition) is 4. The largest absolute Gasteiger partial charge is 0.504 e. The SMILES string of the molecule is Cl.N#Cc1c[nH]c2c(C(=O)N[C@H]3CC[C@@]4(O)[C@H]5Cc6ccc(O)c7c6[C@@]4(CCN5CC4CC4)[C@H]3O7)cccc12. The quantitative estimate of drug-likeness (QED) is 0.397. The van der Waals surface area contributed by atoms with Crippen molar-refractivity contribution in [2.75, 3.05) is 13.1 Å². The first-order chi connectivity index (χ1) is 18.4. The number of nitrogens with zero attached hydrogens (tertiary/aromatic N) is 2. The van der Waals surface area contributed by atoms with Crippen LogP contribution in [0.25, 0.3) is 10.9 Å². The molecule has 3 heterocycles. The number of phenolic OH excluding ortho intramolecular Hbond substituents is 1. The number of aromatic nitrogens is 1. The lowest BCUT2D eigenvalue weighted by atomic mass is 9.48. The molecule has 1 amide bonds. The summed E-state index contributed by atoms with van der Waals surface area (Å²) in [6.07, 6.45) is 6.30. The Labute approximate surface area is 232 Å². The minimum atomic E-state index is -0.987. The van der Waals surface area contributed by atoms with Gasteiger partial charge in [-0.15, -0.1) is 12.4 Å². The molecule has 1 saturated heterocycles. The molecule has 9 heteroatoms. The molecule has 2 aliphatic heterocycles. The van der Waals surface area contributed by atoms with Crippen LogP contribution in [0.4, 0.5) is 0 Å². The molecule has 2 aromatic carbocycles. The monoisotopic (exact) mass is 546 g/mol. The molecule has 0 unspecified atom stereocenters. The number of H-pyrrole nitrogens is 1. The Kier molecular flexibility index (Phi) is 5.32. The minimum absolute atomic E-state index is 0. The maximum absolute atomic E-state index is 13.7. The molecule has 39 heavy (non-hydrogen) atoms. The van der Waals surface area contributed by atoms with E-state index in [-0.39, 0.29) is 36.1 Å². The highest BCUT2D eigenvalue weighted by atomic mass is 35.5. The Bertz CT molecular complexity index is 1560. The number of fused-ring (bicyclic) bond motifs is 1. The van der Waals surface area contributed by atoms with Gasteiger partial charge in [-0.3, -0.25) is 9.69 Å². The molecular weight excluding hydrogens is 516 g/mol. The zero-order chi connectivity index (χ0) is 25.8. The van der Waals surface area contributed by atoms with E-state index in [0.29, 0.717) is 40.6 Å². The van der Waals surface area contributed by atoms with Gasteiger partial charge in [-0.25, -0.2) is 0 Å². The van der Waals surface area contributed by atoms with Crippen molar-refractivity contribution in [3.05, 3.63) is 58.8 Å². The average Bonchev–Trinajstić information content (AvgIpc) is 3.51. The van der Waals surface area contributed by atoms with Crippen molar-refractivity contribution >= 4 is 29.2 Å². The number of aromatic amines is 1. The molecule has 3 aromatic rings. The molecule has 4 N–H and O–H groups in total. The second kappa shape index (κ2) is 8.37. The number of ether oxygens (including phenoxy) is 1. The Morgan fingerprint density at radius 2 is 2.08 bits per heavy atom. The molecule has 2 bridgehead atoms. The van der Waals surface area contributed by atoms with Crippen molar-refractivity contribution in [2.45, 2.75) is 67.7 Å². The van der Waals surface area contributed by atoms with Crippen LogP contribution in [0.2, 0.25) is 0 Å². The number of aromatic hydroxyl groups is 1. The molecule has 1 aromatic heterocycles. The third kappa shape index (κ3) is 3.15. The molecule has 5 aliphatic rings. The summed E-state index contributed by atoms with van der Waals surface area (Å²) in [5, 5.41) is 36.8. The van der Waals surface area contributed by atoms with Crippen molar-refractivity contribution in [3.63, 3.8) is 0 Å². The number of para-hydroxylation sites is 1. The fraction of sp³-hybridized carbons (Fsp3) is 0.467. The summed E-state index contributed by atoms with van der Waals surface area (Å²) in [7, 11) is 0. The maximum Gasteiger partial charge on any atom is 0.253 e. The van der Waals surface area contributed by atoms with Crippen LogP contribution in [-0.4, -0.2) is 62.9 Å². The first kappa shape index (κ1) is 24.8. The number of nitriles is 1. The van der Waals surface area contributed by atoms with Gasteiger partial charge in [0.15, 0.2) is 11.5 Å². The molecule has 8 nitrogen and oxygen atoms in total. The summed E-state index contributed by atoms with van der Waals surface area (Å²) in [5.74, 6) is 1.06. The lowest BCUT2D eigenvalue weighted by molar-refractivity contribution is -0.191. The second-order valence-electron chi connectivity index (χ2n) is 12.0. The number of rotatable bonds is 4. The van der Waals surface area contributed by atoms with Gasteiger partial charge < -0.3 is 25.3 Å². The van der Waals surface area contributed by atoms with Crippen LogP contribution >= 0.6 is 12.4 Å². The Morgan fingerprint density at radius 1 is 1.23 bits per heavy atom. The fourth-order valence-corrected chi connectivity index (χ4v) is 8.31. The number of carbonyl (C=O) groups excluding carboxylic acids is 1. The molecular formula is C30H31ClN4O4. The summed E-state index contributed by atoms with van der Waals surface area (Å²) in [4.78, 5) is 19.3. The van der Waals surface area contributed by atoms with Gasteiger partial charge in [-0.2, -0.15) is 5.26 Å². The van der Waals surface area contributed by atoms with Crippen LogP contribution in [-0.2, 0) is 11.8 Å². The number of hydrogen-bond acceptors (Lipinski definition) is 6. The third-order valence-electron chi connectivity index (χ3n) is 10.2. The van der Waals surface area contributed by atoms with Crippen LogP contribution in [0.5, 0.6) is 11.5 Å². The van der Waals surface area contributed by atoms with Crippen molar-refractivity contribution in [2.24, 2.45) is 5.92 Å². The smallest absolute Gasteiger partial charge is 0.253 e. The molecule has 3 fully saturated rings. The number of nitrogens with one attached hydrogen (secondary N) is 2. The van der Waals surface area contributed by atoms with E-state index in [4.69, 9.17) is 4.74 Å². The highest BCUT2D eigenvalue weighted by Crippen LogP contribution is 2.65. The first-order valence-corrected chi connectivity index (χ1v) is 13.7. The Morgan fingerprint density at radius 3 is 2.87 bits per heavy atom. The summed E-state index contributed by atoms with van der Waals surface area (Å²) in [6, 6.07) is 10.9. The number of aliphatic hydroxyl groups is 1. The van der Waals surface area contributed by atoms with E-state index in [1.54, 1.807) is 24.4 Å². The molecule has 0 radical (unpaired) electrons. The molecule has 8 rings (SSSR count). The van der Waals surface area contributed by atoms with Crippen LogP contribution in [0, 0.1) is 17.2 Å². The number of piperidine rings is 1. The van der Waals surface area contributed by atoms with E-state index in [0.717, 1.165) is 43.0 Å². The van der Waals surface area contributed by atoms with Gasteiger partial charge in [-0.05, 0) is 68.7 Å². The highest BCUT2D eigenvalue weighted by molar-refractivity contribution is 6.07.